The SMILES string of the molecule is CC1NCCCC1NC(=O)CNS(=O)(=O)c1ccc(Cl)s1. The summed E-state index contributed by atoms with van der Waals surface area (Å²) in [6.45, 7) is 2.67. The van der Waals surface area contributed by atoms with Crippen LogP contribution in [-0.4, -0.2) is 39.5 Å². The largest absolute Gasteiger partial charge is 0.351 e. The number of carbonyl (C=O) groups excluding carboxylic acids is 1. The van der Waals surface area contributed by atoms with Crippen LogP contribution >= 0.6 is 22.9 Å². The van der Waals surface area contributed by atoms with Gasteiger partial charge in [-0.2, -0.15) is 0 Å². The molecule has 1 aliphatic rings. The molecule has 9 heteroatoms. The van der Waals surface area contributed by atoms with Gasteiger partial charge in [-0.05, 0) is 38.4 Å². The summed E-state index contributed by atoms with van der Waals surface area (Å²) in [5.74, 6) is -0.332. The molecule has 2 heterocycles. The Hall–Kier alpha value is -0.670. The summed E-state index contributed by atoms with van der Waals surface area (Å²) < 4.78 is 26.7. The maximum atomic E-state index is 12.0. The molecule has 3 N–H and O–H groups in total. The summed E-state index contributed by atoms with van der Waals surface area (Å²) in [5.41, 5.74) is 0. The Balaban J connectivity index is 1.86. The molecule has 2 rings (SSSR count). The fourth-order valence-electron chi connectivity index (χ4n) is 2.17. The van der Waals surface area contributed by atoms with Crippen molar-refractivity contribution in [3.8, 4) is 0 Å². The average molecular weight is 352 g/mol. The van der Waals surface area contributed by atoms with Gasteiger partial charge in [-0.25, -0.2) is 13.1 Å². The number of rotatable bonds is 5. The number of nitrogens with one attached hydrogen (secondary N) is 3. The third kappa shape index (κ3) is 4.65. The summed E-state index contributed by atoms with van der Waals surface area (Å²) in [6.07, 6.45) is 1.89. The van der Waals surface area contributed by atoms with E-state index in [1.165, 1.54) is 12.1 Å². The highest BCUT2D eigenvalue weighted by Gasteiger charge is 2.23. The number of thiophene rings is 1. The Morgan fingerprint density at radius 3 is 2.90 bits per heavy atom. The van der Waals surface area contributed by atoms with Crippen molar-refractivity contribution in [2.24, 2.45) is 0 Å². The predicted molar refractivity (Wildman–Crippen MR) is 83.1 cm³/mol. The number of halogens is 1. The molecule has 0 spiro atoms. The second kappa shape index (κ2) is 7.06. The van der Waals surface area contributed by atoms with E-state index in [2.05, 4.69) is 15.4 Å². The highest BCUT2D eigenvalue weighted by Crippen LogP contribution is 2.25. The number of sulfonamides is 1. The van der Waals surface area contributed by atoms with Gasteiger partial charge in [0.15, 0.2) is 0 Å². The molecule has 21 heavy (non-hydrogen) atoms. The summed E-state index contributed by atoms with van der Waals surface area (Å²) >= 11 is 6.67. The van der Waals surface area contributed by atoms with Crippen molar-refractivity contribution < 1.29 is 13.2 Å². The van der Waals surface area contributed by atoms with Crippen LogP contribution < -0.4 is 15.4 Å². The number of hydrogen-bond donors (Lipinski definition) is 3. The first-order chi connectivity index (χ1) is 9.88. The van der Waals surface area contributed by atoms with Crippen LogP contribution in [0.2, 0.25) is 4.34 Å². The quantitative estimate of drug-likeness (QED) is 0.736. The Kier molecular flexibility index (Phi) is 5.61. The topological polar surface area (TPSA) is 87.3 Å². The Morgan fingerprint density at radius 2 is 2.29 bits per heavy atom. The van der Waals surface area contributed by atoms with Crippen LogP contribution in [0, 0.1) is 0 Å². The van der Waals surface area contributed by atoms with E-state index in [9.17, 15) is 13.2 Å². The number of carbonyl (C=O) groups is 1. The fourth-order valence-corrected chi connectivity index (χ4v) is 4.68. The van der Waals surface area contributed by atoms with E-state index in [0.29, 0.717) is 4.34 Å². The highest BCUT2D eigenvalue weighted by atomic mass is 35.5. The van der Waals surface area contributed by atoms with Gasteiger partial charge in [0.1, 0.15) is 4.21 Å². The van der Waals surface area contributed by atoms with Crippen LogP contribution in [-0.2, 0) is 14.8 Å². The zero-order chi connectivity index (χ0) is 15.5. The molecule has 1 aromatic rings. The Labute approximate surface area is 133 Å². The Bertz CT molecular complexity index is 603. The van der Waals surface area contributed by atoms with Gasteiger partial charge in [0.05, 0.1) is 10.9 Å². The minimum atomic E-state index is -3.68. The monoisotopic (exact) mass is 351 g/mol. The third-order valence-corrected chi connectivity index (χ3v) is 6.47. The molecule has 2 unspecified atom stereocenters. The van der Waals surface area contributed by atoms with Crippen molar-refractivity contribution in [2.75, 3.05) is 13.1 Å². The maximum absolute atomic E-state index is 12.0. The molecule has 6 nitrogen and oxygen atoms in total. The van der Waals surface area contributed by atoms with Crippen LogP contribution in [0.25, 0.3) is 0 Å². The van der Waals surface area contributed by atoms with Crippen molar-refractivity contribution in [3.05, 3.63) is 16.5 Å². The van der Waals surface area contributed by atoms with E-state index in [1.807, 2.05) is 6.92 Å². The van der Waals surface area contributed by atoms with E-state index in [4.69, 9.17) is 11.6 Å². The number of hydrogen-bond acceptors (Lipinski definition) is 5. The smallest absolute Gasteiger partial charge is 0.250 e. The molecule has 118 valence electrons. The third-order valence-electron chi connectivity index (χ3n) is 3.34. The van der Waals surface area contributed by atoms with E-state index >= 15 is 0 Å². The summed E-state index contributed by atoms with van der Waals surface area (Å²) in [6, 6.07) is 3.15. The highest BCUT2D eigenvalue weighted by molar-refractivity contribution is 7.91. The lowest BCUT2D eigenvalue weighted by Gasteiger charge is -2.30. The van der Waals surface area contributed by atoms with Gasteiger partial charge in [-0.15, -0.1) is 11.3 Å². The van der Waals surface area contributed by atoms with Gasteiger partial charge in [0, 0.05) is 12.1 Å². The minimum Gasteiger partial charge on any atom is -0.351 e. The molecule has 0 radical (unpaired) electrons. The first kappa shape index (κ1) is 16.7. The molecule has 0 aliphatic carbocycles. The van der Waals surface area contributed by atoms with E-state index < -0.39 is 10.0 Å². The van der Waals surface area contributed by atoms with Gasteiger partial charge in [0.2, 0.25) is 5.91 Å². The molecular weight excluding hydrogens is 334 g/mol. The minimum absolute atomic E-state index is 0.0342. The lowest BCUT2D eigenvalue weighted by Crippen LogP contribution is -2.53. The van der Waals surface area contributed by atoms with Gasteiger partial charge < -0.3 is 10.6 Å². The van der Waals surface area contributed by atoms with Crippen LogP contribution in [0.1, 0.15) is 19.8 Å². The van der Waals surface area contributed by atoms with Crippen molar-refractivity contribution >= 4 is 38.9 Å². The predicted octanol–water partition coefficient (Wildman–Crippen LogP) is 0.937. The number of amides is 1. The van der Waals surface area contributed by atoms with Crippen molar-refractivity contribution in [2.45, 2.75) is 36.1 Å². The summed E-state index contributed by atoms with van der Waals surface area (Å²) in [4.78, 5) is 11.9. The van der Waals surface area contributed by atoms with Crippen molar-refractivity contribution in [1.29, 1.82) is 0 Å². The molecule has 0 bridgehead atoms. The maximum Gasteiger partial charge on any atom is 0.250 e. The average Bonchev–Trinajstić information content (AvgIpc) is 2.87. The molecular formula is C12H18ClN3O3S2. The summed E-state index contributed by atoms with van der Waals surface area (Å²) in [5, 5.41) is 6.12. The van der Waals surface area contributed by atoms with E-state index in [1.54, 1.807) is 0 Å². The molecule has 0 saturated carbocycles. The molecule has 1 amide bonds. The van der Waals surface area contributed by atoms with Crippen LogP contribution in [0.5, 0.6) is 0 Å². The second-order valence-corrected chi connectivity index (χ2v) is 8.65. The van der Waals surface area contributed by atoms with Crippen molar-refractivity contribution in [3.63, 3.8) is 0 Å². The first-order valence-corrected chi connectivity index (χ1v) is 9.34. The zero-order valence-electron chi connectivity index (χ0n) is 11.6. The molecule has 0 aromatic carbocycles. The first-order valence-electron chi connectivity index (χ1n) is 6.66. The molecule has 1 fully saturated rings. The van der Waals surface area contributed by atoms with Crippen LogP contribution in [0.3, 0.4) is 0 Å². The fraction of sp³-hybridized carbons (Fsp3) is 0.583. The summed E-state index contributed by atoms with van der Waals surface area (Å²) in [7, 11) is -3.68. The lowest BCUT2D eigenvalue weighted by molar-refractivity contribution is -0.121. The molecule has 2 atom stereocenters. The van der Waals surface area contributed by atoms with Gasteiger partial charge in [-0.3, -0.25) is 4.79 Å². The van der Waals surface area contributed by atoms with Crippen LogP contribution in [0.4, 0.5) is 0 Å². The van der Waals surface area contributed by atoms with Gasteiger partial charge in [0.25, 0.3) is 10.0 Å². The van der Waals surface area contributed by atoms with Crippen molar-refractivity contribution in [1.82, 2.24) is 15.4 Å². The molecule has 1 aliphatic heterocycles. The molecule has 1 aromatic heterocycles. The van der Waals surface area contributed by atoms with Gasteiger partial charge in [-0.1, -0.05) is 11.6 Å². The molecule has 1 saturated heterocycles. The number of piperidine rings is 1. The normalized spacial score (nSPS) is 23.0. The second-order valence-electron chi connectivity index (χ2n) is 4.94. The van der Waals surface area contributed by atoms with E-state index in [-0.39, 0.29) is 28.7 Å². The van der Waals surface area contributed by atoms with Gasteiger partial charge >= 0.3 is 0 Å². The lowest BCUT2D eigenvalue weighted by atomic mass is 10.00. The Morgan fingerprint density at radius 1 is 1.52 bits per heavy atom. The van der Waals surface area contributed by atoms with Crippen LogP contribution in [0.15, 0.2) is 16.3 Å². The van der Waals surface area contributed by atoms with E-state index in [0.717, 1.165) is 30.7 Å². The zero-order valence-corrected chi connectivity index (χ0v) is 13.9. The standard InChI is InChI=1S/C12H18ClN3O3S2/c1-8-9(3-2-6-14-8)16-11(17)7-15-21(18,19)12-5-4-10(13)20-12/h4-5,8-9,14-15H,2-3,6-7H2,1H3,(H,16,17).